The van der Waals surface area contributed by atoms with Crippen molar-refractivity contribution in [3.05, 3.63) is 0 Å². The molecule has 2 nitrogen and oxygen atoms in total. The lowest BCUT2D eigenvalue weighted by Crippen LogP contribution is -3.00. The van der Waals surface area contributed by atoms with Gasteiger partial charge in [0.25, 0.3) is 0 Å². The number of nitrogens with two attached hydrogens (primary N) is 1. The van der Waals surface area contributed by atoms with Gasteiger partial charge in [0.15, 0.2) is 0 Å². The average molecular weight is 278 g/mol. The van der Waals surface area contributed by atoms with Crippen molar-refractivity contribution < 1.29 is 39.4 Å². The van der Waals surface area contributed by atoms with Crippen LogP contribution in [0.2, 0.25) is 0 Å². The average Bonchev–Trinajstić information content (AvgIpc) is 1.69. The molecule has 0 rings (SSSR count). The van der Waals surface area contributed by atoms with E-state index >= 15 is 0 Å². The Balaban J connectivity index is -0.0000000600. The van der Waals surface area contributed by atoms with E-state index in [0.717, 1.165) is 6.42 Å². The maximum atomic E-state index is 5.14. The Kier molecular flexibility index (Phi) is 50.8. The van der Waals surface area contributed by atoms with Gasteiger partial charge in [-0.3, -0.25) is 5.41 Å². The van der Waals surface area contributed by atoms with Crippen LogP contribution in [0.4, 0.5) is 0 Å². The van der Waals surface area contributed by atoms with Crippen LogP contribution >= 0.6 is 0 Å². The third-order valence-electron chi connectivity index (χ3n) is 0.974. The molecule has 0 bridgehead atoms. The summed E-state index contributed by atoms with van der Waals surface area (Å²) in [5.41, 5.74) is 0. The van der Waals surface area contributed by atoms with Gasteiger partial charge in [-0.25, -0.2) is 0 Å². The van der Waals surface area contributed by atoms with Gasteiger partial charge < -0.3 is 40.1 Å². The molecule has 10 heavy (non-hydrogen) atoms. The van der Waals surface area contributed by atoms with Gasteiger partial charge in [-0.05, 0) is 6.42 Å². The van der Waals surface area contributed by atoms with E-state index < -0.39 is 0 Å². The summed E-state index contributed by atoms with van der Waals surface area (Å²) in [4.78, 5) is 0. The van der Waals surface area contributed by atoms with Gasteiger partial charge in [0, 0.05) is 6.42 Å². The minimum Gasteiger partial charge on any atom is -1.00 e. The third-order valence-corrected chi connectivity index (χ3v) is 0.974. The molecule has 0 fully saturated rings. The first kappa shape index (κ1) is 22.4. The van der Waals surface area contributed by atoms with Crippen LogP contribution in [0.5, 0.6) is 0 Å². The van der Waals surface area contributed by atoms with Crippen molar-refractivity contribution >= 4 is 6.21 Å². The third kappa shape index (κ3) is 23.5. The van der Waals surface area contributed by atoms with Crippen LogP contribution < -0.4 is 45.5 Å². The number of hydrogen-bond acceptors (Lipinski definition) is 0. The number of halogens is 2. The van der Waals surface area contributed by atoms with E-state index in [1.807, 2.05) is 0 Å². The maximum absolute atomic E-state index is 5.14. The van der Waals surface area contributed by atoms with Crippen molar-refractivity contribution in [1.29, 1.82) is 0 Å². The minimum atomic E-state index is 0. The van der Waals surface area contributed by atoms with Gasteiger partial charge >= 0.3 is 0 Å². The topological polar surface area (TPSA) is 62.1 Å². The summed E-state index contributed by atoms with van der Waals surface area (Å²) >= 11 is 0. The quantitative estimate of drug-likeness (QED) is 0.381. The zero-order valence-corrected chi connectivity index (χ0v) is 9.91. The molecule has 0 aromatic rings. The monoisotopic (exact) mass is 276 g/mol. The van der Waals surface area contributed by atoms with Crippen LogP contribution in [0.15, 0.2) is 0 Å². The number of quaternary nitrogens is 1. The molecular formula is C6H18Br2N2. The molecule has 0 atom stereocenters. The van der Waals surface area contributed by atoms with Crippen molar-refractivity contribution in [2.45, 2.75) is 32.6 Å². The molecule has 0 spiro atoms. The van der Waals surface area contributed by atoms with Crippen LogP contribution in [-0.2, 0) is 0 Å². The zero-order chi connectivity index (χ0) is 5.54. The normalized spacial score (nSPS) is 6.10. The Bertz CT molecular complexity index is 51.0. The van der Waals surface area contributed by atoms with Crippen LogP contribution in [0.3, 0.4) is 0 Å². The molecule has 0 aromatic heterocycles. The first-order valence-electron chi connectivity index (χ1n) is 2.95. The highest BCUT2D eigenvalue weighted by molar-refractivity contribution is 5.48. The standard InChI is InChI=1S/C6H13N.2BrH.H3N/c1-2-3-4-5-6-7;;;/h6-7H,2-5H2,1H3;2*1H;1H3. The van der Waals surface area contributed by atoms with E-state index in [0.29, 0.717) is 0 Å². The molecule has 0 amide bonds. The highest BCUT2D eigenvalue weighted by atomic mass is 79.9. The summed E-state index contributed by atoms with van der Waals surface area (Å²) in [6.45, 7) is 2.19. The van der Waals surface area contributed by atoms with E-state index in [9.17, 15) is 0 Å². The molecular weight excluding hydrogens is 260 g/mol. The molecule has 0 saturated carbocycles. The summed E-state index contributed by atoms with van der Waals surface area (Å²) in [5, 5.41) is 5.14. The summed E-state index contributed by atoms with van der Waals surface area (Å²) in [5.74, 6) is 0. The van der Waals surface area contributed by atoms with Gasteiger partial charge in [0.1, 0.15) is 6.21 Å². The molecule has 66 valence electrons. The van der Waals surface area contributed by atoms with Crippen molar-refractivity contribution in [1.82, 2.24) is 6.15 Å². The Labute approximate surface area is 84.4 Å². The van der Waals surface area contributed by atoms with Gasteiger partial charge in [0.2, 0.25) is 0 Å². The zero-order valence-electron chi connectivity index (χ0n) is 6.74. The van der Waals surface area contributed by atoms with Crippen LogP contribution in [0.1, 0.15) is 32.6 Å². The largest absolute Gasteiger partial charge is 1.00 e. The molecule has 0 aliphatic heterocycles. The minimum absolute atomic E-state index is 0. The van der Waals surface area contributed by atoms with Crippen LogP contribution in [0.25, 0.3) is 0 Å². The Morgan fingerprint density at radius 3 is 2.00 bits per heavy atom. The molecule has 0 saturated heterocycles. The number of hydrogen-bond donors (Lipinski definition) is 2. The number of rotatable bonds is 4. The molecule has 0 heterocycles. The summed E-state index contributed by atoms with van der Waals surface area (Å²) in [6.07, 6.45) is 6.66. The van der Waals surface area contributed by atoms with Gasteiger partial charge in [-0.15, -0.1) is 0 Å². The predicted octanol–water partition coefficient (Wildman–Crippen LogP) is -5.22. The molecule has 0 aromatic carbocycles. The first-order valence-corrected chi connectivity index (χ1v) is 2.95. The summed E-state index contributed by atoms with van der Waals surface area (Å²) in [6, 6.07) is 0. The fourth-order valence-corrected chi connectivity index (χ4v) is 0.512. The van der Waals surface area contributed by atoms with Crippen molar-refractivity contribution in [3.8, 4) is 0 Å². The second-order valence-electron chi connectivity index (χ2n) is 1.73. The Hall–Kier alpha value is 0.590. The Morgan fingerprint density at radius 1 is 1.20 bits per heavy atom. The fourth-order valence-electron chi connectivity index (χ4n) is 0.512. The van der Waals surface area contributed by atoms with E-state index in [1.165, 1.54) is 19.3 Å². The molecule has 0 unspecified atom stereocenters. The fraction of sp³-hybridized carbons (Fsp3) is 0.833. The van der Waals surface area contributed by atoms with E-state index in [4.69, 9.17) is 5.41 Å². The molecule has 0 aliphatic rings. The summed E-state index contributed by atoms with van der Waals surface area (Å²) in [7, 11) is 0. The molecule has 6 N–H and O–H groups in total. The van der Waals surface area contributed by atoms with E-state index in [1.54, 1.807) is 6.21 Å². The smallest absolute Gasteiger partial charge is 0.136 e. The first-order chi connectivity index (χ1) is 3.41. The molecule has 0 radical (unpaired) electrons. The number of unbranched alkanes of at least 4 members (excludes halogenated alkanes) is 3. The van der Waals surface area contributed by atoms with Crippen molar-refractivity contribution in [2.75, 3.05) is 0 Å². The molecule has 4 heteroatoms. The van der Waals surface area contributed by atoms with Crippen molar-refractivity contribution in [3.63, 3.8) is 0 Å². The highest BCUT2D eigenvalue weighted by Crippen LogP contribution is 1.94. The lowest BCUT2D eigenvalue weighted by Gasteiger charge is -1.85. The Morgan fingerprint density at radius 2 is 1.70 bits per heavy atom. The SMILES string of the molecule is CCCCCC=[NH2+].[Br-].[Br-].[NH4+]. The predicted molar refractivity (Wildman–Crippen MR) is 38.1 cm³/mol. The van der Waals surface area contributed by atoms with Crippen LogP contribution in [-0.4, -0.2) is 6.21 Å². The lowest BCUT2D eigenvalue weighted by molar-refractivity contribution is -0.107. The van der Waals surface area contributed by atoms with E-state index in [-0.39, 0.29) is 40.1 Å². The van der Waals surface area contributed by atoms with E-state index in [2.05, 4.69) is 6.92 Å². The summed E-state index contributed by atoms with van der Waals surface area (Å²) < 4.78 is 0. The van der Waals surface area contributed by atoms with Gasteiger partial charge in [-0.1, -0.05) is 19.8 Å². The molecule has 0 aliphatic carbocycles. The second kappa shape index (κ2) is 22.6. The maximum Gasteiger partial charge on any atom is 0.136 e. The van der Waals surface area contributed by atoms with Gasteiger partial charge in [-0.2, -0.15) is 0 Å². The van der Waals surface area contributed by atoms with Crippen molar-refractivity contribution in [2.24, 2.45) is 0 Å². The van der Waals surface area contributed by atoms with Gasteiger partial charge in [0.05, 0.1) is 0 Å². The highest BCUT2D eigenvalue weighted by Gasteiger charge is 1.80. The van der Waals surface area contributed by atoms with Crippen LogP contribution in [0, 0.1) is 0 Å². The second-order valence-corrected chi connectivity index (χ2v) is 1.73. The lowest BCUT2D eigenvalue weighted by atomic mass is 10.2.